The Bertz CT molecular complexity index is 922. The second-order valence-electron chi connectivity index (χ2n) is 4.56. The van der Waals surface area contributed by atoms with E-state index in [-0.39, 0.29) is 9.90 Å². The highest BCUT2D eigenvalue weighted by molar-refractivity contribution is 7.21. The number of anilines is 1. The standard InChI is InChI=1S/C15H6Cl3F2NOS/c16-6-4-7(17)11-10(5-6)23-14(12(11)18)15(22)21-13-8(19)2-1-3-9(13)20/h1-5H,(H,21,22). The van der Waals surface area contributed by atoms with Gasteiger partial charge < -0.3 is 5.32 Å². The maximum Gasteiger partial charge on any atom is 0.267 e. The number of carbonyl (C=O) groups is 1. The van der Waals surface area contributed by atoms with Gasteiger partial charge in [-0.25, -0.2) is 8.78 Å². The third kappa shape index (κ3) is 3.02. The van der Waals surface area contributed by atoms with E-state index in [1.165, 1.54) is 12.1 Å². The topological polar surface area (TPSA) is 29.1 Å². The van der Waals surface area contributed by atoms with Gasteiger partial charge >= 0.3 is 0 Å². The summed E-state index contributed by atoms with van der Waals surface area (Å²) in [5.74, 6) is -2.49. The van der Waals surface area contributed by atoms with Gasteiger partial charge in [0.25, 0.3) is 5.91 Å². The number of para-hydroxylation sites is 1. The normalized spacial score (nSPS) is 11.0. The molecule has 0 aliphatic rings. The molecule has 2 aromatic carbocycles. The predicted molar refractivity (Wildman–Crippen MR) is 91.2 cm³/mol. The van der Waals surface area contributed by atoms with E-state index in [0.29, 0.717) is 20.1 Å². The van der Waals surface area contributed by atoms with Crippen molar-refractivity contribution >= 4 is 67.8 Å². The van der Waals surface area contributed by atoms with E-state index in [4.69, 9.17) is 34.8 Å². The van der Waals surface area contributed by atoms with E-state index >= 15 is 0 Å². The average molecular weight is 393 g/mol. The van der Waals surface area contributed by atoms with Gasteiger partial charge in [-0.2, -0.15) is 0 Å². The highest BCUT2D eigenvalue weighted by Crippen LogP contribution is 2.41. The first-order chi connectivity index (χ1) is 10.9. The molecule has 2 nitrogen and oxygen atoms in total. The van der Waals surface area contributed by atoms with Crippen molar-refractivity contribution in [3.63, 3.8) is 0 Å². The fourth-order valence-corrected chi connectivity index (χ4v) is 4.32. The summed E-state index contributed by atoms with van der Waals surface area (Å²) in [7, 11) is 0. The predicted octanol–water partition coefficient (Wildman–Crippen LogP) is 6.39. The number of hydrogen-bond donors (Lipinski definition) is 1. The number of halogens is 5. The third-order valence-electron chi connectivity index (χ3n) is 3.06. The van der Waals surface area contributed by atoms with Crippen molar-refractivity contribution in [3.05, 3.63) is 61.9 Å². The summed E-state index contributed by atoms with van der Waals surface area (Å²) in [6, 6.07) is 6.40. The lowest BCUT2D eigenvalue weighted by Gasteiger charge is -2.06. The van der Waals surface area contributed by atoms with Crippen LogP contribution in [0.4, 0.5) is 14.5 Å². The van der Waals surface area contributed by atoms with Crippen molar-refractivity contribution in [2.45, 2.75) is 0 Å². The lowest BCUT2D eigenvalue weighted by atomic mass is 10.2. The van der Waals surface area contributed by atoms with Crippen LogP contribution in [0, 0.1) is 11.6 Å². The molecule has 1 heterocycles. The fourth-order valence-electron chi connectivity index (χ4n) is 2.05. The monoisotopic (exact) mass is 391 g/mol. The van der Waals surface area contributed by atoms with Gasteiger partial charge in [0.15, 0.2) is 0 Å². The summed E-state index contributed by atoms with van der Waals surface area (Å²) < 4.78 is 27.9. The summed E-state index contributed by atoms with van der Waals surface area (Å²) in [5, 5.41) is 3.47. The van der Waals surface area contributed by atoms with Gasteiger partial charge in [0, 0.05) is 15.1 Å². The van der Waals surface area contributed by atoms with Crippen molar-refractivity contribution in [1.82, 2.24) is 0 Å². The molecule has 0 unspecified atom stereocenters. The number of thiophene rings is 1. The first-order valence-corrected chi connectivity index (χ1v) is 8.16. The Balaban J connectivity index is 2.05. The average Bonchev–Trinajstić information content (AvgIpc) is 2.80. The maximum atomic E-state index is 13.6. The molecule has 1 N–H and O–H groups in total. The summed E-state index contributed by atoms with van der Waals surface area (Å²) in [6.45, 7) is 0. The van der Waals surface area contributed by atoms with Crippen molar-refractivity contribution in [2.24, 2.45) is 0 Å². The smallest absolute Gasteiger partial charge is 0.267 e. The van der Waals surface area contributed by atoms with Gasteiger partial charge in [-0.15, -0.1) is 11.3 Å². The van der Waals surface area contributed by atoms with Crippen LogP contribution < -0.4 is 5.32 Å². The summed E-state index contributed by atoms with van der Waals surface area (Å²) in [4.78, 5) is 12.4. The number of amides is 1. The van der Waals surface area contributed by atoms with Gasteiger partial charge in [0.1, 0.15) is 22.2 Å². The number of fused-ring (bicyclic) bond motifs is 1. The number of rotatable bonds is 2. The second kappa shape index (κ2) is 6.24. The zero-order valence-corrected chi connectivity index (χ0v) is 14.2. The lowest BCUT2D eigenvalue weighted by molar-refractivity contribution is 0.102. The van der Waals surface area contributed by atoms with Crippen LogP contribution in [0.15, 0.2) is 30.3 Å². The molecule has 1 aromatic heterocycles. The minimum absolute atomic E-state index is 0.0912. The first-order valence-electron chi connectivity index (χ1n) is 6.21. The Morgan fingerprint density at radius 3 is 2.39 bits per heavy atom. The van der Waals surface area contributed by atoms with Crippen LogP contribution >= 0.6 is 46.1 Å². The number of carbonyl (C=O) groups excluding carboxylic acids is 1. The Labute approximate surface area is 148 Å². The van der Waals surface area contributed by atoms with E-state index in [9.17, 15) is 13.6 Å². The van der Waals surface area contributed by atoms with Crippen LogP contribution in [-0.4, -0.2) is 5.91 Å². The van der Waals surface area contributed by atoms with E-state index in [2.05, 4.69) is 5.32 Å². The molecule has 0 aliphatic carbocycles. The number of hydrogen-bond acceptors (Lipinski definition) is 2. The Hall–Kier alpha value is -1.40. The van der Waals surface area contributed by atoms with Gasteiger partial charge in [0.2, 0.25) is 0 Å². The molecule has 23 heavy (non-hydrogen) atoms. The van der Waals surface area contributed by atoms with E-state index in [0.717, 1.165) is 23.5 Å². The molecule has 0 saturated carbocycles. The molecular formula is C15H6Cl3F2NOS. The molecule has 0 saturated heterocycles. The SMILES string of the molecule is O=C(Nc1c(F)cccc1F)c1sc2cc(Cl)cc(Cl)c2c1Cl. The first kappa shape index (κ1) is 16.5. The Kier molecular flexibility index (Phi) is 4.47. The van der Waals surface area contributed by atoms with Crippen LogP contribution in [-0.2, 0) is 0 Å². The summed E-state index contributed by atoms with van der Waals surface area (Å²) in [6.07, 6.45) is 0. The highest BCUT2D eigenvalue weighted by atomic mass is 35.5. The second-order valence-corrected chi connectivity index (χ2v) is 6.83. The molecule has 8 heteroatoms. The molecular weight excluding hydrogens is 387 g/mol. The molecule has 0 fully saturated rings. The number of nitrogens with one attached hydrogen (secondary N) is 1. The van der Waals surface area contributed by atoms with E-state index in [1.807, 2.05) is 0 Å². The maximum absolute atomic E-state index is 13.6. The van der Waals surface area contributed by atoms with Crippen LogP contribution in [0.25, 0.3) is 10.1 Å². The molecule has 0 radical (unpaired) electrons. The molecule has 118 valence electrons. The van der Waals surface area contributed by atoms with Crippen molar-refractivity contribution < 1.29 is 13.6 Å². The van der Waals surface area contributed by atoms with Crippen molar-refractivity contribution in [1.29, 1.82) is 0 Å². The molecule has 0 aliphatic heterocycles. The molecule has 3 rings (SSSR count). The zero-order valence-electron chi connectivity index (χ0n) is 11.1. The van der Waals surface area contributed by atoms with Gasteiger partial charge in [0.05, 0.1) is 10.0 Å². The summed E-state index contributed by atoms with van der Waals surface area (Å²) >= 11 is 19.2. The van der Waals surface area contributed by atoms with Crippen molar-refractivity contribution in [3.8, 4) is 0 Å². The fraction of sp³-hybridized carbons (Fsp3) is 0. The minimum Gasteiger partial charge on any atom is -0.316 e. The Morgan fingerprint density at radius 2 is 1.74 bits per heavy atom. The molecule has 0 spiro atoms. The number of benzene rings is 2. The molecule has 3 aromatic rings. The largest absolute Gasteiger partial charge is 0.316 e. The van der Waals surface area contributed by atoms with Gasteiger partial charge in [-0.1, -0.05) is 40.9 Å². The quantitative estimate of drug-likeness (QED) is 0.538. The van der Waals surface area contributed by atoms with Crippen LogP contribution in [0.5, 0.6) is 0 Å². The molecule has 1 amide bonds. The highest BCUT2D eigenvalue weighted by Gasteiger charge is 2.21. The minimum atomic E-state index is -0.878. The van der Waals surface area contributed by atoms with E-state index in [1.54, 1.807) is 6.07 Å². The zero-order chi connectivity index (χ0) is 16.7. The molecule has 0 atom stereocenters. The van der Waals surface area contributed by atoms with Crippen molar-refractivity contribution in [2.75, 3.05) is 5.32 Å². The van der Waals surface area contributed by atoms with Crippen LogP contribution in [0.2, 0.25) is 15.1 Å². The van der Waals surface area contributed by atoms with Gasteiger partial charge in [-0.05, 0) is 24.3 Å². The summed E-state index contributed by atoms with van der Waals surface area (Å²) in [5.41, 5.74) is -0.532. The molecule has 0 bridgehead atoms. The third-order valence-corrected chi connectivity index (χ3v) is 5.20. The van der Waals surface area contributed by atoms with E-state index < -0.39 is 23.2 Å². The Morgan fingerprint density at radius 1 is 1.09 bits per heavy atom. The van der Waals surface area contributed by atoms with Crippen LogP contribution in [0.1, 0.15) is 9.67 Å². The van der Waals surface area contributed by atoms with Gasteiger partial charge in [-0.3, -0.25) is 4.79 Å². The lowest BCUT2D eigenvalue weighted by Crippen LogP contribution is -2.13. The van der Waals surface area contributed by atoms with Crippen LogP contribution in [0.3, 0.4) is 0 Å².